The minimum Gasteiger partial charge on any atom is -0.478 e. The Bertz CT molecular complexity index is 561. The number of amides is 1. The highest BCUT2D eigenvalue weighted by atomic mass is 35.5. The lowest BCUT2D eigenvalue weighted by atomic mass is 10.1. The maximum Gasteiger partial charge on any atom is 0.407 e. The summed E-state index contributed by atoms with van der Waals surface area (Å²) in [6.45, 7) is 5.54. The molecular weight excluding hydrogens is 294 g/mol. The molecule has 0 aliphatic carbocycles. The fraction of sp³-hybridized carbons (Fsp3) is 0.333. The van der Waals surface area contributed by atoms with Crippen LogP contribution >= 0.6 is 11.6 Å². The molecule has 0 fully saturated rings. The summed E-state index contributed by atoms with van der Waals surface area (Å²) in [6.07, 6.45) is 2.69. The second-order valence-electron chi connectivity index (χ2n) is 5.32. The number of alkyl carbamates (subject to hydrolysis) is 1. The molecular formula is C15H18ClNO4. The molecule has 0 aliphatic heterocycles. The van der Waals surface area contributed by atoms with Crippen molar-refractivity contribution in [3.8, 4) is 0 Å². The first-order valence-electron chi connectivity index (χ1n) is 6.35. The summed E-state index contributed by atoms with van der Waals surface area (Å²) in [5.41, 5.74) is 0.0611. The molecule has 21 heavy (non-hydrogen) atoms. The van der Waals surface area contributed by atoms with Crippen molar-refractivity contribution in [2.45, 2.75) is 26.4 Å². The minimum atomic E-state index is -1.04. The number of ether oxygens (including phenoxy) is 1. The summed E-state index contributed by atoms with van der Waals surface area (Å²) < 4.78 is 5.07. The molecule has 0 heterocycles. The van der Waals surface area contributed by atoms with E-state index in [0.717, 1.165) is 0 Å². The average molecular weight is 312 g/mol. The first kappa shape index (κ1) is 17.0. The zero-order valence-corrected chi connectivity index (χ0v) is 12.9. The van der Waals surface area contributed by atoms with Crippen molar-refractivity contribution >= 4 is 29.7 Å². The Balaban J connectivity index is 2.64. The summed E-state index contributed by atoms with van der Waals surface area (Å²) in [5, 5.41) is 12.1. The van der Waals surface area contributed by atoms with Gasteiger partial charge in [0.15, 0.2) is 0 Å². The van der Waals surface area contributed by atoms with Crippen molar-refractivity contribution in [2.24, 2.45) is 0 Å². The van der Waals surface area contributed by atoms with Crippen LogP contribution in [0.2, 0.25) is 5.02 Å². The first-order valence-corrected chi connectivity index (χ1v) is 6.73. The fourth-order valence-corrected chi connectivity index (χ4v) is 1.69. The molecule has 0 bridgehead atoms. The number of rotatable bonds is 4. The lowest BCUT2D eigenvalue weighted by molar-refractivity contribution is 0.0533. The molecule has 2 N–H and O–H groups in total. The van der Waals surface area contributed by atoms with Crippen molar-refractivity contribution < 1.29 is 19.4 Å². The maximum atomic E-state index is 11.4. The maximum absolute atomic E-state index is 11.4. The third kappa shape index (κ3) is 6.31. The molecule has 1 rings (SSSR count). The lowest BCUT2D eigenvalue weighted by Crippen LogP contribution is -2.32. The monoisotopic (exact) mass is 311 g/mol. The third-order valence-electron chi connectivity index (χ3n) is 2.30. The normalized spacial score (nSPS) is 11.4. The minimum absolute atomic E-state index is 0.146. The van der Waals surface area contributed by atoms with Gasteiger partial charge >= 0.3 is 12.1 Å². The fourth-order valence-electron chi connectivity index (χ4n) is 1.51. The smallest absolute Gasteiger partial charge is 0.407 e. The largest absolute Gasteiger partial charge is 0.478 e. The van der Waals surface area contributed by atoms with Gasteiger partial charge in [0, 0.05) is 11.6 Å². The molecule has 114 valence electrons. The number of benzene rings is 1. The van der Waals surface area contributed by atoms with E-state index in [1.165, 1.54) is 12.1 Å². The van der Waals surface area contributed by atoms with E-state index < -0.39 is 17.7 Å². The van der Waals surface area contributed by atoms with Gasteiger partial charge in [0.05, 0.1) is 5.56 Å². The first-order chi connectivity index (χ1) is 9.69. The predicted octanol–water partition coefficient (Wildman–Crippen LogP) is 3.58. The van der Waals surface area contributed by atoms with Gasteiger partial charge in [-0.15, -0.1) is 0 Å². The van der Waals surface area contributed by atoms with E-state index in [2.05, 4.69) is 5.32 Å². The van der Waals surface area contributed by atoms with Crippen LogP contribution in [0.15, 0.2) is 24.3 Å². The van der Waals surface area contributed by atoms with Crippen LogP contribution in [0, 0.1) is 0 Å². The van der Waals surface area contributed by atoms with Crippen LogP contribution in [0.25, 0.3) is 6.08 Å². The number of aromatic carboxylic acids is 1. The summed E-state index contributed by atoms with van der Waals surface area (Å²) in [6, 6.07) is 4.50. The number of carbonyl (C=O) groups is 2. The molecule has 0 aliphatic rings. The highest BCUT2D eigenvalue weighted by Crippen LogP contribution is 2.17. The van der Waals surface area contributed by atoms with Gasteiger partial charge in [-0.05, 0) is 44.5 Å². The molecule has 0 saturated carbocycles. The summed E-state index contributed by atoms with van der Waals surface area (Å²) in [5.74, 6) is -1.04. The number of hydrogen-bond acceptors (Lipinski definition) is 3. The van der Waals surface area contributed by atoms with Crippen molar-refractivity contribution in [3.05, 3.63) is 40.4 Å². The quantitative estimate of drug-likeness (QED) is 0.891. The SMILES string of the molecule is CC(C)(C)OC(=O)NCC=Cc1cc(Cl)ccc1C(=O)O. The van der Waals surface area contributed by atoms with Crippen LogP contribution in [-0.4, -0.2) is 29.3 Å². The van der Waals surface area contributed by atoms with E-state index in [1.54, 1.807) is 39.0 Å². The Morgan fingerprint density at radius 1 is 1.38 bits per heavy atom. The van der Waals surface area contributed by atoms with Crippen molar-refractivity contribution in [1.29, 1.82) is 0 Å². The average Bonchev–Trinajstić information content (AvgIpc) is 2.32. The highest BCUT2D eigenvalue weighted by molar-refractivity contribution is 6.30. The number of nitrogens with one attached hydrogen (secondary N) is 1. The van der Waals surface area contributed by atoms with Crippen LogP contribution in [0.1, 0.15) is 36.7 Å². The predicted molar refractivity (Wildman–Crippen MR) is 81.7 cm³/mol. The Kier molecular flexibility index (Phi) is 5.79. The van der Waals surface area contributed by atoms with Crippen LogP contribution in [0.5, 0.6) is 0 Å². The van der Waals surface area contributed by atoms with E-state index in [4.69, 9.17) is 21.4 Å². The van der Waals surface area contributed by atoms with E-state index >= 15 is 0 Å². The van der Waals surface area contributed by atoms with Gasteiger partial charge in [0.1, 0.15) is 5.60 Å². The Hall–Kier alpha value is -2.01. The summed E-state index contributed by atoms with van der Waals surface area (Å²) >= 11 is 5.84. The number of halogens is 1. The Morgan fingerprint density at radius 2 is 2.05 bits per heavy atom. The second kappa shape index (κ2) is 7.13. The number of carboxylic acid groups (broad SMARTS) is 1. The van der Waals surface area contributed by atoms with E-state index in [9.17, 15) is 9.59 Å². The van der Waals surface area contributed by atoms with Crippen molar-refractivity contribution in [1.82, 2.24) is 5.32 Å². The van der Waals surface area contributed by atoms with E-state index in [1.807, 2.05) is 0 Å². The third-order valence-corrected chi connectivity index (χ3v) is 2.54. The zero-order valence-electron chi connectivity index (χ0n) is 12.1. The van der Waals surface area contributed by atoms with Crippen LogP contribution in [0.3, 0.4) is 0 Å². The molecule has 6 heteroatoms. The van der Waals surface area contributed by atoms with E-state index in [-0.39, 0.29) is 12.1 Å². The van der Waals surface area contributed by atoms with Gasteiger partial charge in [-0.1, -0.05) is 23.8 Å². The van der Waals surface area contributed by atoms with Gasteiger partial charge in [-0.25, -0.2) is 9.59 Å². The molecule has 0 atom stereocenters. The van der Waals surface area contributed by atoms with Crippen molar-refractivity contribution in [2.75, 3.05) is 6.54 Å². The topological polar surface area (TPSA) is 75.6 Å². The number of carboxylic acids is 1. The standard InChI is InChI=1S/C15H18ClNO4/c1-15(2,3)21-14(20)17-8-4-5-10-9-11(16)6-7-12(10)13(18)19/h4-7,9H,8H2,1-3H3,(H,17,20)(H,18,19). The van der Waals surface area contributed by atoms with Crippen LogP contribution in [-0.2, 0) is 4.74 Å². The molecule has 5 nitrogen and oxygen atoms in total. The zero-order chi connectivity index (χ0) is 16.0. The lowest BCUT2D eigenvalue weighted by Gasteiger charge is -2.19. The van der Waals surface area contributed by atoms with Gasteiger partial charge in [-0.2, -0.15) is 0 Å². The molecule has 0 radical (unpaired) electrons. The van der Waals surface area contributed by atoms with Gasteiger partial charge in [-0.3, -0.25) is 0 Å². The molecule has 1 amide bonds. The summed E-state index contributed by atoms with van der Waals surface area (Å²) in [7, 11) is 0. The van der Waals surface area contributed by atoms with Gasteiger partial charge in [0.25, 0.3) is 0 Å². The van der Waals surface area contributed by atoms with E-state index in [0.29, 0.717) is 10.6 Å². The van der Waals surface area contributed by atoms with Crippen molar-refractivity contribution in [3.63, 3.8) is 0 Å². The van der Waals surface area contributed by atoms with Crippen LogP contribution in [0.4, 0.5) is 4.79 Å². The van der Waals surface area contributed by atoms with Gasteiger partial charge in [0.2, 0.25) is 0 Å². The number of hydrogen-bond donors (Lipinski definition) is 2. The molecule has 0 unspecified atom stereocenters. The highest BCUT2D eigenvalue weighted by Gasteiger charge is 2.15. The molecule has 1 aromatic carbocycles. The Labute approximate surface area is 128 Å². The molecule has 0 saturated heterocycles. The molecule has 1 aromatic rings. The second-order valence-corrected chi connectivity index (χ2v) is 5.76. The summed E-state index contributed by atoms with van der Waals surface area (Å²) in [4.78, 5) is 22.5. The van der Waals surface area contributed by atoms with Crippen LogP contribution < -0.4 is 5.32 Å². The molecule has 0 spiro atoms. The Morgan fingerprint density at radius 3 is 2.62 bits per heavy atom. The van der Waals surface area contributed by atoms with Gasteiger partial charge < -0.3 is 15.2 Å². The number of carbonyl (C=O) groups excluding carboxylic acids is 1. The molecule has 0 aromatic heterocycles.